The topological polar surface area (TPSA) is 79.8 Å². The lowest BCUT2D eigenvalue weighted by atomic mass is 10.0. The molecule has 22 heavy (non-hydrogen) atoms. The maximum atomic E-state index is 10.1. The predicted octanol–water partition coefficient (Wildman–Crippen LogP) is 4.47. The zero-order valence-corrected chi connectivity index (χ0v) is 13.3. The summed E-state index contributed by atoms with van der Waals surface area (Å²) in [6.07, 6.45) is 1.35. The lowest BCUT2D eigenvalue weighted by Crippen LogP contribution is -1.96. The molecule has 2 N–H and O–H groups in total. The number of phenolic OH excluding ortho intramolecular Hbond substituents is 1. The van der Waals surface area contributed by atoms with Crippen LogP contribution in [0.5, 0.6) is 5.75 Å². The van der Waals surface area contributed by atoms with Gasteiger partial charge in [-0.05, 0) is 34.5 Å². The third-order valence-corrected chi connectivity index (χ3v) is 4.15. The first-order valence-electron chi connectivity index (χ1n) is 6.43. The molecular formula is C17H12BrN3O. The van der Waals surface area contributed by atoms with Crippen LogP contribution in [-0.4, -0.2) is 5.11 Å². The molecule has 0 heterocycles. The van der Waals surface area contributed by atoms with Crippen LogP contribution in [0.25, 0.3) is 11.1 Å². The fourth-order valence-corrected chi connectivity index (χ4v) is 2.44. The number of hydrogen-bond donors (Lipinski definition) is 2. The first-order chi connectivity index (χ1) is 10.6. The van der Waals surface area contributed by atoms with Crippen LogP contribution >= 0.6 is 15.9 Å². The van der Waals surface area contributed by atoms with E-state index in [9.17, 15) is 5.11 Å². The van der Waals surface area contributed by atoms with Crippen molar-refractivity contribution in [2.24, 2.45) is 0 Å². The molecule has 2 aromatic rings. The van der Waals surface area contributed by atoms with Crippen molar-refractivity contribution in [3.8, 4) is 29.0 Å². The number of nitriles is 2. The number of rotatable bonds is 3. The number of aromatic hydroxyl groups is 1. The van der Waals surface area contributed by atoms with Crippen LogP contribution in [0, 0.1) is 29.6 Å². The van der Waals surface area contributed by atoms with Gasteiger partial charge in [-0.1, -0.05) is 30.3 Å². The molecule has 0 aromatic heterocycles. The van der Waals surface area contributed by atoms with Gasteiger partial charge in [0.1, 0.15) is 23.5 Å². The Kier molecular flexibility index (Phi) is 4.83. The van der Waals surface area contributed by atoms with Gasteiger partial charge in [0.2, 0.25) is 0 Å². The van der Waals surface area contributed by atoms with Gasteiger partial charge < -0.3 is 10.4 Å². The third-order valence-electron chi connectivity index (χ3n) is 3.13. The van der Waals surface area contributed by atoms with Crippen LogP contribution in [0.2, 0.25) is 0 Å². The molecule has 2 rings (SSSR count). The number of nitrogens with one attached hydrogen (secondary N) is 1. The highest BCUT2D eigenvalue weighted by Gasteiger charge is 2.13. The zero-order chi connectivity index (χ0) is 16.1. The molecule has 0 atom stereocenters. The van der Waals surface area contributed by atoms with E-state index in [4.69, 9.17) is 10.5 Å². The second-order valence-electron chi connectivity index (χ2n) is 4.56. The number of benzene rings is 2. The van der Waals surface area contributed by atoms with Gasteiger partial charge in [-0.15, -0.1) is 0 Å². The SMILES string of the molecule is Cc1ccc(-c2ccccc2O)c(NC=C(C#N)C#N)c1Br. The Morgan fingerprint density at radius 3 is 2.45 bits per heavy atom. The van der Waals surface area contributed by atoms with E-state index in [2.05, 4.69) is 21.2 Å². The van der Waals surface area contributed by atoms with Gasteiger partial charge in [0.15, 0.2) is 0 Å². The molecule has 0 fully saturated rings. The summed E-state index contributed by atoms with van der Waals surface area (Å²) in [5, 5.41) is 30.7. The van der Waals surface area contributed by atoms with Crippen molar-refractivity contribution >= 4 is 21.6 Å². The summed E-state index contributed by atoms with van der Waals surface area (Å²) in [7, 11) is 0. The van der Waals surface area contributed by atoms with Crippen LogP contribution in [-0.2, 0) is 0 Å². The first kappa shape index (κ1) is 15.6. The van der Waals surface area contributed by atoms with Crippen molar-refractivity contribution in [1.82, 2.24) is 0 Å². The zero-order valence-electron chi connectivity index (χ0n) is 11.8. The molecule has 108 valence electrons. The van der Waals surface area contributed by atoms with Crippen LogP contribution in [0.3, 0.4) is 0 Å². The van der Waals surface area contributed by atoms with Crippen LogP contribution in [0.15, 0.2) is 52.6 Å². The monoisotopic (exact) mass is 353 g/mol. The Morgan fingerprint density at radius 2 is 1.82 bits per heavy atom. The van der Waals surface area contributed by atoms with Crippen LogP contribution < -0.4 is 5.32 Å². The van der Waals surface area contributed by atoms with E-state index >= 15 is 0 Å². The summed E-state index contributed by atoms with van der Waals surface area (Å²) in [5.41, 5.74) is 3.07. The third kappa shape index (κ3) is 3.11. The van der Waals surface area contributed by atoms with Crippen LogP contribution in [0.1, 0.15) is 5.56 Å². The minimum absolute atomic E-state index is 0.0309. The van der Waals surface area contributed by atoms with Crippen molar-refractivity contribution in [1.29, 1.82) is 10.5 Å². The van der Waals surface area contributed by atoms with Crippen molar-refractivity contribution in [3.05, 3.63) is 58.2 Å². The minimum atomic E-state index is -0.0309. The molecule has 0 saturated carbocycles. The number of halogens is 1. The van der Waals surface area contributed by atoms with E-state index in [0.29, 0.717) is 11.3 Å². The van der Waals surface area contributed by atoms with Gasteiger partial charge in [0.05, 0.1) is 5.69 Å². The normalized spacial score (nSPS) is 9.45. The maximum absolute atomic E-state index is 10.1. The molecule has 5 heteroatoms. The highest BCUT2D eigenvalue weighted by molar-refractivity contribution is 9.10. The van der Waals surface area contributed by atoms with E-state index in [1.807, 2.05) is 25.1 Å². The van der Waals surface area contributed by atoms with E-state index in [0.717, 1.165) is 15.6 Å². The molecular weight excluding hydrogens is 342 g/mol. The summed E-state index contributed by atoms with van der Waals surface area (Å²) >= 11 is 3.51. The van der Waals surface area contributed by atoms with Gasteiger partial charge in [-0.2, -0.15) is 10.5 Å². The number of aryl methyl sites for hydroxylation is 1. The smallest absolute Gasteiger partial charge is 0.145 e. The number of para-hydroxylation sites is 1. The number of anilines is 1. The highest BCUT2D eigenvalue weighted by Crippen LogP contribution is 2.39. The maximum Gasteiger partial charge on any atom is 0.145 e. The summed E-state index contributed by atoms with van der Waals surface area (Å²) in [5.74, 6) is 0.158. The quantitative estimate of drug-likeness (QED) is 0.797. The van der Waals surface area contributed by atoms with Gasteiger partial charge in [-0.3, -0.25) is 0 Å². The average Bonchev–Trinajstić information content (AvgIpc) is 2.53. The summed E-state index contributed by atoms with van der Waals surface area (Å²) in [6, 6.07) is 14.4. The standard InChI is InChI=1S/C17H12BrN3O/c1-11-6-7-14(13-4-2-3-5-15(13)22)17(16(11)18)21-10-12(8-19)9-20/h2-7,10,21-22H,1H3. The number of allylic oxidation sites excluding steroid dienone is 1. The number of nitrogens with zero attached hydrogens (tertiary/aromatic N) is 2. The lowest BCUT2D eigenvalue weighted by molar-refractivity contribution is 0.477. The van der Waals surface area contributed by atoms with Gasteiger partial charge in [0, 0.05) is 21.8 Å². The second-order valence-corrected chi connectivity index (χ2v) is 5.36. The molecule has 2 aromatic carbocycles. The molecule has 0 bridgehead atoms. The number of phenols is 1. The summed E-state index contributed by atoms with van der Waals surface area (Å²) in [6.45, 7) is 1.93. The summed E-state index contributed by atoms with van der Waals surface area (Å²) < 4.78 is 0.805. The van der Waals surface area contributed by atoms with Crippen molar-refractivity contribution < 1.29 is 5.11 Å². The Hall–Kier alpha value is -2.76. The molecule has 0 aliphatic rings. The van der Waals surface area contributed by atoms with Crippen molar-refractivity contribution in [2.75, 3.05) is 5.32 Å². The van der Waals surface area contributed by atoms with Crippen molar-refractivity contribution in [3.63, 3.8) is 0 Å². The van der Waals surface area contributed by atoms with E-state index in [-0.39, 0.29) is 11.3 Å². The van der Waals surface area contributed by atoms with Crippen molar-refractivity contribution in [2.45, 2.75) is 6.92 Å². The van der Waals surface area contributed by atoms with Crippen LogP contribution in [0.4, 0.5) is 5.69 Å². The van der Waals surface area contributed by atoms with E-state index in [1.165, 1.54) is 6.20 Å². The predicted molar refractivity (Wildman–Crippen MR) is 88.9 cm³/mol. The Balaban J connectivity index is 2.60. The van der Waals surface area contributed by atoms with E-state index < -0.39 is 0 Å². The van der Waals surface area contributed by atoms with Gasteiger partial charge in [0.25, 0.3) is 0 Å². The van der Waals surface area contributed by atoms with Gasteiger partial charge >= 0.3 is 0 Å². The number of hydrogen-bond acceptors (Lipinski definition) is 4. The lowest BCUT2D eigenvalue weighted by Gasteiger charge is -2.14. The first-order valence-corrected chi connectivity index (χ1v) is 7.22. The molecule has 0 spiro atoms. The molecule has 0 radical (unpaired) electrons. The summed E-state index contributed by atoms with van der Waals surface area (Å²) in [4.78, 5) is 0. The second kappa shape index (κ2) is 6.80. The largest absolute Gasteiger partial charge is 0.507 e. The fraction of sp³-hybridized carbons (Fsp3) is 0.0588. The molecule has 0 amide bonds. The Bertz CT molecular complexity index is 813. The Labute approximate surface area is 137 Å². The molecule has 0 aliphatic carbocycles. The van der Waals surface area contributed by atoms with Gasteiger partial charge in [-0.25, -0.2) is 0 Å². The molecule has 0 saturated heterocycles. The fourth-order valence-electron chi connectivity index (χ4n) is 1.98. The average molecular weight is 354 g/mol. The Morgan fingerprint density at radius 1 is 1.14 bits per heavy atom. The molecule has 0 aliphatic heterocycles. The van der Waals surface area contributed by atoms with E-state index in [1.54, 1.807) is 30.3 Å². The molecule has 4 nitrogen and oxygen atoms in total. The molecule has 0 unspecified atom stereocenters. The highest BCUT2D eigenvalue weighted by atomic mass is 79.9. The minimum Gasteiger partial charge on any atom is -0.507 e.